The Morgan fingerprint density at radius 3 is 2.33 bits per heavy atom. The highest BCUT2D eigenvalue weighted by atomic mass is 16.2. The Labute approximate surface area is 73.9 Å². The Kier molecular flexibility index (Phi) is 2.60. The minimum Gasteiger partial charge on any atom is -0.351 e. The topological polar surface area (TPSA) is 46.3 Å². The van der Waals surface area contributed by atoms with E-state index in [2.05, 4.69) is 13.8 Å². The maximum absolute atomic E-state index is 10.8. The van der Waals surface area contributed by atoms with Crippen LogP contribution in [0.3, 0.4) is 0 Å². The molecule has 0 unspecified atom stereocenters. The number of piperidine rings is 1. The van der Waals surface area contributed by atoms with Gasteiger partial charge in [0.2, 0.25) is 0 Å². The zero-order valence-corrected chi connectivity index (χ0v) is 7.97. The number of primary amides is 1. The van der Waals surface area contributed by atoms with E-state index in [9.17, 15) is 4.79 Å². The largest absolute Gasteiger partial charge is 0.351 e. The van der Waals surface area contributed by atoms with E-state index in [-0.39, 0.29) is 6.03 Å². The molecular weight excluding hydrogens is 152 g/mol. The second-order valence-electron chi connectivity index (χ2n) is 3.99. The number of hydrogen-bond donors (Lipinski definition) is 1. The number of urea groups is 1. The lowest BCUT2D eigenvalue weighted by atomic mass is 9.78. The standard InChI is InChI=1S/C9H18N2O/c1-3-9(2)4-6-11(7-5-9)8(10)12/h3-7H2,1-2H3,(H2,10,12). The summed E-state index contributed by atoms with van der Waals surface area (Å²) in [6.07, 6.45) is 3.37. The Balaban J connectivity index is 2.44. The minimum atomic E-state index is -0.270. The molecule has 2 N–H and O–H groups in total. The van der Waals surface area contributed by atoms with Crippen molar-refractivity contribution in [2.24, 2.45) is 11.1 Å². The molecular formula is C9H18N2O. The number of nitrogens with two attached hydrogens (primary N) is 1. The van der Waals surface area contributed by atoms with E-state index in [0.717, 1.165) is 25.9 Å². The van der Waals surface area contributed by atoms with Gasteiger partial charge in [-0.05, 0) is 18.3 Å². The first kappa shape index (κ1) is 9.36. The van der Waals surface area contributed by atoms with Crippen molar-refractivity contribution >= 4 is 6.03 Å². The van der Waals surface area contributed by atoms with Gasteiger partial charge in [-0.3, -0.25) is 0 Å². The molecule has 0 saturated carbocycles. The summed E-state index contributed by atoms with van der Waals surface area (Å²) in [7, 11) is 0. The Hall–Kier alpha value is -0.730. The minimum absolute atomic E-state index is 0.270. The van der Waals surface area contributed by atoms with Crippen LogP contribution in [-0.2, 0) is 0 Å². The fraction of sp³-hybridized carbons (Fsp3) is 0.889. The average Bonchev–Trinajstić information content (AvgIpc) is 2.05. The second-order valence-corrected chi connectivity index (χ2v) is 3.99. The van der Waals surface area contributed by atoms with Gasteiger partial charge in [-0.2, -0.15) is 0 Å². The van der Waals surface area contributed by atoms with Gasteiger partial charge in [0, 0.05) is 13.1 Å². The molecule has 0 bridgehead atoms. The third-order valence-corrected chi connectivity index (χ3v) is 3.14. The Morgan fingerprint density at radius 1 is 1.50 bits per heavy atom. The van der Waals surface area contributed by atoms with E-state index in [1.165, 1.54) is 6.42 Å². The molecule has 0 spiro atoms. The normalized spacial score (nSPS) is 22.3. The molecule has 0 aromatic carbocycles. The first-order valence-electron chi connectivity index (χ1n) is 4.62. The van der Waals surface area contributed by atoms with Crippen LogP contribution in [0, 0.1) is 5.41 Å². The molecule has 1 rings (SSSR count). The van der Waals surface area contributed by atoms with Gasteiger partial charge in [0.25, 0.3) is 0 Å². The van der Waals surface area contributed by atoms with Crippen molar-refractivity contribution in [2.45, 2.75) is 33.1 Å². The van der Waals surface area contributed by atoms with Crippen LogP contribution in [-0.4, -0.2) is 24.0 Å². The summed E-state index contributed by atoms with van der Waals surface area (Å²) in [5.74, 6) is 0. The summed E-state index contributed by atoms with van der Waals surface area (Å²) >= 11 is 0. The lowest BCUT2D eigenvalue weighted by molar-refractivity contribution is 0.131. The average molecular weight is 170 g/mol. The number of amides is 2. The van der Waals surface area contributed by atoms with Gasteiger partial charge in [0.1, 0.15) is 0 Å². The lowest BCUT2D eigenvalue weighted by Crippen LogP contribution is -2.44. The van der Waals surface area contributed by atoms with Crippen LogP contribution in [0.5, 0.6) is 0 Å². The molecule has 3 nitrogen and oxygen atoms in total. The molecule has 0 aliphatic carbocycles. The van der Waals surface area contributed by atoms with Crippen molar-refractivity contribution in [3.63, 3.8) is 0 Å². The lowest BCUT2D eigenvalue weighted by Gasteiger charge is -2.38. The van der Waals surface area contributed by atoms with Crippen LogP contribution in [0.1, 0.15) is 33.1 Å². The van der Waals surface area contributed by atoms with Crippen LogP contribution >= 0.6 is 0 Å². The van der Waals surface area contributed by atoms with Crippen LogP contribution in [0.25, 0.3) is 0 Å². The van der Waals surface area contributed by atoms with Crippen molar-refractivity contribution in [3.05, 3.63) is 0 Å². The quantitative estimate of drug-likeness (QED) is 0.638. The van der Waals surface area contributed by atoms with Crippen molar-refractivity contribution in [1.82, 2.24) is 4.90 Å². The van der Waals surface area contributed by atoms with Gasteiger partial charge in [0.05, 0.1) is 0 Å². The molecule has 1 aliphatic rings. The maximum atomic E-state index is 10.8. The Morgan fingerprint density at radius 2 is 2.00 bits per heavy atom. The summed E-state index contributed by atoms with van der Waals surface area (Å²) < 4.78 is 0. The van der Waals surface area contributed by atoms with Gasteiger partial charge in [-0.25, -0.2) is 4.79 Å². The summed E-state index contributed by atoms with van der Waals surface area (Å²) in [6, 6.07) is -0.270. The van der Waals surface area contributed by atoms with Crippen molar-refractivity contribution in [2.75, 3.05) is 13.1 Å². The fourth-order valence-electron chi connectivity index (χ4n) is 1.62. The second kappa shape index (κ2) is 3.33. The molecule has 1 aliphatic heterocycles. The van der Waals surface area contributed by atoms with E-state index in [1.807, 2.05) is 0 Å². The molecule has 0 radical (unpaired) electrons. The van der Waals surface area contributed by atoms with Crippen LogP contribution < -0.4 is 5.73 Å². The number of carbonyl (C=O) groups is 1. The van der Waals surface area contributed by atoms with Crippen LogP contribution in [0.15, 0.2) is 0 Å². The highest BCUT2D eigenvalue weighted by Gasteiger charge is 2.29. The molecule has 1 saturated heterocycles. The van der Waals surface area contributed by atoms with Crippen molar-refractivity contribution in [3.8, 4) is 0 Å². The number of hydrogen-bond acceptors (Lipinski definition) is 1. The fourth-order valence-corrected chi connectivity index (χ4v) is 1.62. The number of likely N-dealkylation sites (tertiary alicyclic amines) is 1. The molecule has 0 aromatic heterocycles. The van der Waals surface area contributed by atoms with E-state index in [4.69, 9.17) is 5.73 Å². The van der Waals surface area contributed by atoms with Gasteiger partial charge < -0.3 is 10.6 Å². The van der Waals surface area contributed by atoms with E-state index in [0.29, 0.717) is 5.41 Å². The van der Waals surface area contributed by atoms with Crippen LogP contribution in [0.4, 0.5) is 4.79 Å². The van der Waals surface area contributed by atoms with Crippen molar-refractivity contribution in [1.29, 1.82) is 0 Å². The molecule has 0 atom stereocenters. The summed E-state index contributed by atoms with van der Waals surface area (Å²) in [6.45, 7) is 6.16. The molecule has 1 fully saturated rings. The van der Waals surface area contributed by atoms with Crippen molar-refractivity contribution < 1.29 is 4.79 Å². The van der Waals surface area contributed by atoms with Gasteiger partial charge in [-0.15, -0.1) is 0 Å². The first-order chi connectivity index (χ1) is 5.57. The number of carbonyl (C=O) groups excluding carboxylic acids is 1. The molecule has 0 aromatic rings. The third-order valence-electron chi connectivity index (χ3n) is 3.14. The van der Waals surface area contributed by atoms with E-state index >= 15 is 0 Å². The predicted octanol–water partition coefficient (Wildman–Crippen LogP) is 1.58. The maximum Gasteiger partial charge on any atom is 0.314 e. The third kappa shape index (κ3) is 1.90. The highest BCUT2D eigenvalue weighted by Crippen LogP contribution is 2.33. The smallest absolute Gasteiger partial charge is 0.314 e. The van der Waals surface area contributed by atoms with Gasteiger partial charge in [-0.1, -0.05) is 20.3 Å². The summed E-state index contributed by atoms with van der Waals surface area (Å²) in [4.78, 5) is 12.5. The molecule has 70 valence electrons. The number of nitrogens with zero attached hydrogens (tertiary/aromatic N) is 1. The summed E-state index contributed by atoms with van der Waals surface area (Å²) in [5, 5.41) is 0. The van der Waals surface area contributed by atoms with Crippen LogP contribution in [0.2, 0.25) is 0 Å². The summed E-state index contributed by atoms with van der Waals surface area (Å²) in [5.41, 5.74) is 5.62. The SMILES string of the molecule is CCC1(C)CCN(C(N)=O)CC1. The van der Waals surface area contributed by atoms with Gasteiger partial charge >= 0.3 is 6.03 Å². The Bertz CT molecular complexity index is 171. The van der Waals surface area contributed by atoms with E-state index < -0.39 is 0 Å². The first-order valence-corrected chi connectivity index (χ1v) is 4.62. The molecule has 12 heavy (non-hydrogen) atoms. The molecule has 1 heterocycles. The zero-order valence-electron chi connectivity index (χ0n) is 7.97. The predicted molar refractivity (Wildman–Crippen MR) is 48.8 cm³/mol. The molecule has 2 amide bonds. The van der Waals surface area contributed by atoms with E-state index in [1.54, 1.807) is 4.90 Å². The zero-order chi connectivity index (χ0) is 9.19. The molecule has 3 heteroatoms. The number of rotatable bonds is 1. The van der Waals surface area contributed by atoms with Gasteiger partial charge in [0.15, 0.2) is 0 Å². The monoisotopic (exact) mass is 170 g/mol. The highest BCUT2D eigenvalue weighted by molar-refractivity contribution is 5.72.